The third-order valence-corrected chi connectivity index (χ3v) is 6.18. The maximum absolute atomic E-state index is 12.8. The molecular formula is C22H18BrClN6O. The summed E-state index contributed by atoms with van der Waals surface area (Å²) in [5.74, 6) is 1.41. The maximum atomic E-state index is 12.8. The number of anilines is 1. The topological polar surface area (TPSA) is 86.8 Å². The molecule has 0 radical (unpaired) electrons. The highest BCUT2D eigenvalue weighted by Gasteiger charge is 2.21. The van der Waals surface area contributed by atoms with Gasteiger partial charge in [0.05, 0.1) is 28.2 Å². The average molecular weight is 498 g/mol. The Balaban J connectivity index is 1.46. The minimum Gasteiger partial charge on any atom is -0.360 e. The Morgan fingerprint density at radius 1 is 1.19 bits per heavy atom. The van der Waals surface area contributed by atoms with E-state index in [0.717, 1.165) is 22.2 Å². The van der Waals surface area contributed by atoms with E-state index >= 15 is 0 Å². The number of imidazole rings is 1. The van der Waals surface area contributed by atoms with Gasteiger partial charge in [-0.3, -0.25) is 4.79 Å². The Hall–Kier alpha value is -2.97. The molecule has 0 bridgehead atoms. The van der Waals surface area contributed by atoms with Crippen LogP contribution in [0.4, 0.5) is 5.82 Å². The summed E-state index contributed by atoms with van der Waals surface area (Å²) in [4.78, 5) is 31.4. The van der Waals surface area contributed by atoms with Gasteiger partial charge in [-0.25, -0.2) is 15.0 Å². The molecule has 0 fully saturated rings. The summed E-state index contributed by atoms with van der Waals surface area (Å²) in [7, 11) is 0. The lowest BCUT2D eigenvalue weighted by atomic mass is 10.1. The van der Waals surface area contributed by atoms with Crippen LogP contribution in [-0.4, -0.2) is 43.8 Å². The standard InChI is InChI=1S/C22H18BrClN6O/c1-12(20-28-17-5-4-13(24)8-19(17)29-20)27-21-15-9-16(23)14(10-18(15)25-11-26-21)22(31)30-6-2-3-7-30/h2-5,8-12H,6-7H2,1H3,(H,28,29)(H,25,26,27)/t12-/m0/s1. The van der Waals surface area contributed by atoms with Crippen molar-refractivity contribution < 1.29 is 4.79 Å². The molecule has 2 aromatic heterocycles. The lowest BCUT2D eigenvalue weighted by molar-refractivity contribution is 0.0799. The highest BCUT2D eigenvalue weighted by atomic mass is 79.9. The van der Waals surface area contributed by atoms with Gasteiger partial charge in [-0.15, -0.1) is 0 Å². The largest absolute Gasteiger partial charge is 0.360 e. The van der Waals surface area contributed by atoms with Crippen molar-refractivity contribution in [2.75, 3.05) is 18.4 Å². The molecule has 0 saturated carbocycles. The quantitative estimate of drug-likeness (QED) is 0.383. The Labute approximate surface area is 191 Å². The van der Waals surface area contributed by atoms with Crippen LogP contribution in [0.2, 0.25) is 5.02 Å². The molecule has 1 amide bonds. The molecule has 156 valence electrons. The summed E-state index contributed by atoms with van der Waals surface area (Å²) in [6.07, 6.45) is 5.48. The molecule has 4 aromatic rings. The molecule has 0 unspecified atom stereocenters. The number of hydrogen-bond acceptors (Lipinski definition) is 5. The van der Waals surface area contributed by atoms with E-state index in [1.54, 1.807) is 11.0 Å². The smallest absolute Gasteiger partial charge is 0.255 e. The summed E-state index contributed by atoms with van der Waals surface area (Å²) in [6.45, 7) is 3.25. The zero-order chi connectivity index (χ0) is 21.5. The molecular weight excluding hydrogens is 480 g/mol. The minimum atomic E-state index is -0.139. The molecule has 31 heavy (non-hydrogen) atoms. The highest BCUT2D eigenvalue weighted by Crippen LogP contribution is 2.30. The number of fused-ring (bicyclic) bond motifs is 2. The van der Waals surface area contributed by atoms with Crippen molar-refractivity contribution in [3.05, 3.63) is 69.7 Å². The van der Waals surface area contributed by atoms with E-state index in [2.05, 4.69) is 41.2 Å². The number of carbonyl (C=O) groups excluding carboxylic acids is 1. The number of H-pyrrole nitrogens is 1. The monoisotopic (exact) mass is 496 g/mol. The Bertz CT molecular complexity index is 1340. The summed E-state index contributed by atoms with van der Waals surface area (Å²) in [5.41, 5.74) is 3.01. The van der Waals surface area contributed by atoms with Crippen LogP contribution < -0.4 is 5.32 Å². The van der Waals surface area contributed by atoms with E-state index in [1.807, 2.05) is 43.3 Å². The first-order valence-electron chi connectivity index (χ1n) is 9.80. The molecule has 1 atom stereocenters. The summed E-state index contributed by atoms with van der Waals surface area (Å²) < 4.78 is 0.709. The number of rotatable bonds is 4. The zero-order valence-corrected chi connectivity index (χ0v) is 18.9. The summed E-state index contributed by atoms with van der Waals surface area (Å²) >= 11 is 9.64. The lowest BCUT2D eigenvalue weighted by Crippen LogP contribution is -2.28. The van der Waals surface area contributed by atoms with Gasteiger partial charge in [-0.1, -0.05) is 23.8 Å². The van der Waals surface area contributed by atoms with Crippen LogP contribution in [0, 0.1) is 0 Å². The Morgan fingerprint density at radius 2 is 2.00 bits per heavy atom. The van der Waals surface area contributed by atoms with Gasteiger partial charge in [0.25, 0.3) is 5.91 Å². The van der Waals surface area contributed by atoms with Gasteiger partial charge >= 0.3 is 0 Å². The Kier molecular flexibility index (Phi) is 5.11. The molecule has 3 heterocycles. The van der Waals surface area contributed by atoms with Gasteiger partial charge in [0, 0.05) is 28.0 Å². The van der Waals surface area contributed by atoms with E-state index in [0.29, 0.717) is 39.5 Å². The van der Waals surface area contributed by atoms with Gasteiger partial charge in [0.2, 0.25) is 0 Å². The van der Waals surface area contributed by atoms with Gasteiger partial charge in [0.15, 0.2) is 0 Å². The molecule has 0 spiro atoms. The van der Waals surface area contributed by atoms with E-state index in [1.165, 1.54) is 6.33 Å². The normalized spacial score (nSPS) is 14.5. The molecule has 0 saturated heterocycles. The number of carbonyl (C=O) groups is 1. The second-order valence-electron chi connectivity index (χ2n) is 7.40. The van der Waals surface area contributed by atoms with Crippen LogP contribution >= 0.6 is 27.5 Å². The lowest BCUT2D eigenvalue weighted by Gasteiger charge is -2.18. The summed E-state index contributed by atoms with van der Waals surface area (Å²) in [5, 5.41) is 4.88. The third-order valence-electron chi connectivity index (χ3n) is 5.29. The van der Waals surface area contributed by atoms with E-state index < -0.39 is 0 Å². The number of halogens is 2. The molecule has 1 aliphatic rings. The maximum Gasteiger partial charge on any atom is 0.255 e. The van der Waals surface area contributed by atoms with E-state index in [4.69, 9.17) is 11.6 Å². The fourth-order valence-corrected chi connectivity index (χ4v) is 4.33. The van der Waals surface area contributed by atoms with Crippen LogP contribution in [-0.2, 0) is 0 Å². The van der Waals surface area contributed by atoms with E-state index in [-0.39, 0.29) is 11.9 Å². The fraction of sp³-hybridized carbons (Fsp3) is 0.182. The second kappa shape index (κ2) is 7.94. The number of aromatic nitrogens is 4. The number of nitrogens with zero attached hydrogens (tertiary/aromatic N) is 4. The number of benzene rings is 2. The number of aromatic amines is 1. The minimum absolute atomic E-state index is 0.0267. The van der Waals surface area contributed by atoms with Crippen molar-refractivity contribution in [2.45, 2.75) is 13.0 Å². The van der Waals surface area contributed by atoms with Crippen LogP contribution in [0.3, 0.4) is 0 Å². The van der Waals surface area contributed by atoms with Gasteiger partial charge in [-0.05, 0) is 53.2 Å². The van der Waals surface area contributed by atoms with Crippen molar-refractivity contribution in [1.29, 1.82) is 0 Å². The molecule has 1 aliphatic heterocycles. The fourth-order valence-electron chi connectivity index (χ4n) is 3.65. The third kappa shape index (κ3) is 3.77. The van der Waals surface area contributed by atoms with Crippen molar-refractivity contribution in [3.63, 3.8) is 0 Å². The van der Waals surface area contributed by atoms with Crippen LogP contribution in [0.1, 0.15) is 29.1 Å². The molecule has 5 rings (SSSR count). The van der Waals surface area contributed by atoms with Crippen molar-refractivity contribution >= 4 is 61.2 Å². The molecule has 2 aromatic carbocycles. The second-order valence-corrected chi connectivity index (χ2v) is 8.69. The average Bonchev–Trinajstić information content (AvgIpc) is 3.43. The predicted molar refractivity (Wildman–Crippen MR) is 125 cm³/mol. The molecule has 0 aliphatic carbocycles. The van der Waals surface area contributed by atoms with Crippen molar-refractivity contribution in [2.24, 2.45) is 0 Å². The number of amides is 1. The van der Waals surface area contributed by atoms with Gasteiger partial charge < -0.3 is 15.2 Å². The molecule has 2 N–H and O–H groups in total. The predicted octanol–water partition coefficient (Wildman–Crippen LogP) is 5.11. The van der Waals surface area contributed by atoms with Crippen LogP contribution in [0.5, 0.6) is 0 Å². The zero-order valence-electron chi connectivity index (χ0n) is 16.6. The first-order chi connectivity index (χ1) is 15.0. The van der Waals surface area contributed by atoms with Crippen LogP contribution in [0.15, 0.2) is 53.3 Å². The number of hydrogen-bond donors (Lipinski definition) is 2. The van der Waals surface area contributed by atoms with Crippen molar-refractivity contribution in [3.8, 4) is 0 Å². The first-order valence-corrected chi connectivity index (χ1v) is 11.0. The van der Waals surface area contributed by atoms with Crippen LogP contribution in [0.25, 0.3) is 21.9 Å². The summed E-state index contributed by atoms with van der Waals surface area (Å²) in [6, 6.07) is 9.11. The molecule has 7 nitrogen and oxygen atoms in total. The SMILES string of the molecule is C[C@H](Nc1ncnc2cc(C(=O)N3CC=CC3)c(Br)cc12)c1nc2ccc(Cl)cc2[nH]1. The van der Waals surface area contributed by atoms with E-state index in [9.17, 15) is 4.79 Å². The van der Waals surface area contributed by atoms with Crippen molar-refractivity contribution in [1.82, 2.24) is 24.8 Å². The number of nitrogens with one attached hydrogen (secondary N) is 2. The van der Waals surface area contributed by atoms with Gasteiger partial charge in [-0.2, -0.15) is 0 Å². The van der Waals surface area contributed by atoms with Gasteiger partial charge in [0.1, 0.15) is 18.0 Å². The first kappa shape index (κ1) is 20.0. The molecule has 9 heteroatoms. The Morgan fingerprint density at radius 3 is 2.81 bits per heavy atom. The highest BCUT2D eigenvalue weighted by molar-refractivity contribution is 9.10.